The number of rotatable bonds is 4. The molecule has 1 aromatic rings. The molecule has 0 radical (unpaired) electrons. The van der Waals surface area contributed by atoms with Crippen molar-refractivity contribution in [3.8, 4) is 11.5 Å². The van der Waals surface area contributed by atoms with Crippen molar-refractivity contribution in [2.24, 2.45) is 11.1 Å². The molecule has 3 N–H and O–H groups in total. The molecule has 0 saturated heterocycles. The van der Waals surface area contributed by atoms with Gasteiger partial charge in [0.25, 0.3) is 0 Å². The maximum absolute atomic E-state index is 12.1. The van der Waals surface area contributed by atoms with Crippen molar-refractivity contribution in [3.63, 3.8) is 0 Å². The van der Waals surface area contributed by atoms with Gasteiger partial charge in [-0.15, -0.1) is 0 Å². The molecule has 5 nitrogen and oxygen atoms in total. The summed E-state index contributed by atoms with van der Waals surface area (Å²) >= 11 is 6.05. The number of carbonyl (C=O) groups is 1. The van der Waals surface area contributed by atoms with Crippen LogP contribution in [0.5, 0.6) is 11.5 Å². The first-order valence-electron chi connectivity index (χ1n) is 6.18. The van der Waals surface area contributed by atoms with Crippen LogP contribution in [0, 0.1) is 5.41 Å². The van der Waals surface area contributed by atoms with Crippen LogP contribution in [-0.2, 0) is 4.79 Å². The van der Waals surface area contributed by atoms with Crippen LogP contribution in [0.4, 0.5) is 5.69 Å². The van der Waals surface area contributed by atoms with Gasteiger partial charge in [-0.05, 0) is 11.5 Å². The Morgan fingerprint density at radius 2 is 1.80 bits per heavy atom. The highest BCUT2D eigenvalue weighted by molar-refractivity contribution is 6.32. The fraction of sp³-hybridized carbons (Fsp3) is 0.500. The summed E-state index contributed by atoms with van der Waals surface area (Å²) in [4.78, 5) is 12.1. The summed E-state index contributed by atoms with van der Waals surface area (Å²) in [6, 6.07) is 2.54. The van der Waals surface area contributed by atoms with Gasteiger partial charge in [0.1, 0.15) is 11.5 Å². The van der Waals surface area contributed by atoms with Crippen molar-refractivity contribution in [2.75, 3.05) is 19.5 Å². The Hall–Kier alpha value is -1.46. The predicted octanol–water partition coefficient (Wildman–Crippen LogP) is 2.67. The highest BCUT2D eigenvalue weighted by atomic mass is 35.5. The van der Waals surface area contributed by atoms with Gasteiger partial charge in [0, 0.05) is 6.07 Å². The zero-order valence-electron chi connectivity index (χ0n) is 12.4. The van der Waals surface area contributed by atoms with Gasteiger partial charge in [-0.3, -0.25) is 4.79 Å². The molecule has 1 aromatic carbocycles. The third-order valence-electron chi connectivity index (χ3n) is 2.95. The Balaban J connectivity index is 3.03. The van der Waals surface area contributed by atoms with Gasteiger partial charge in [-0.2, -0.15) is 0 Å². The highest BCUT2D eigenvalue weighted by Gasteiger charge is 2.28. The first kappa shape index (κ1) is 16.6. The molecule has 0 saturated carbocycles. The minimum Gasteiger partial charge on any atom is -0.495 e. The zero-order chi connectivity index (χ0) is 15.5. The number of hydrogen-bond acceptors (Lipinski definition) is 4. The van der Waals surface area contributed by atoms with Crippen molar-refractivity contribution in [2.45, 2.75) is 26.8 Å². The van der Waals surface area contributed by atoms with Gasteiger partial charge in [0.2, 0.25) is 5.91 Å². The maximum Gasteiger partial charge on any atom is 0.241 e. The minimum atomic E-state index is -0.645. The number of benzene rings is 1. The first-order valence-corrected chi connectivity index (χ1v) is 6.56. The number of ether oxygens (including phenoxy) is 2. The summed E-state index contributed by atoms with van der Waals surface area (Å²) in [5.74, 6) is 0.638. The lowest BCUT2D eigenvalue weighted by Gasteiger charge is -2.26. The van der Waals surface area contributed by atoms with Crippen molar-refractivity contribution in [1.29, 1.82) is 0 Å². The molecule has 0 fully saturated rings. The van der Waals surface area contributed by atoms with Gasteiger partial charge in [-0.25, -0.2) is 0 Å². The second-order valence-corrected chi connectivity index (χ2v) is 5.93. The Morgan fingerprint density at radius 3 is 2.25 bits per heavy atom. The van der Waals surface area contributed by atoms with Crippen LogP contribution in [0.25, 0.3) is 0 Å². The van der Waals surface area contributed by atoms with Crippen LogP contribution in [-0.4, -0.2) is 26.2 Å². The van der Waals surface area contributed by atoms with Crippen molar-refractivity contribution in [1.82, 2.24) is 0 Å². The predicted molar refractivity (Wildman–Crippen MR) is 80.6 cm³/mol. The van der Waals surface area contributed by atoms with Crippen LogP contribution >= 0.6 is 11.6 Å². The molecule has 0 unspecified atom stereocenters. The van der Waals surface area contributed by atoms with E-state index in [9.17, 15) is 4.79 Å². The molecule has 0 spiro atoms. The summed E-state index contributed by atoms with van der Waals surface area (Å²) in [7, 11) is 3.01. The Kier molecular flexibility index (Phi) is 5.25. The number of hydrogen-bond donors (Lipinski definition) is 2. The summed E-state index contributed by atoms with van der Waals surface area (Å²) in [5.41, 5.74) is 6.04. The molecular weight excluding hydrogens is 280 g/mol. The number of amides is 1. The average molecular weight is 301 g/mol. The smallest absolute Gasteiger partial charge is 0.241 e. The van der Waals surface area contributed by atoms with Gasteiger partial charge < -0.3 is 20.5 Å². The lowest BCUT2D eigenvalue weighted by atomic mass is 9.87. The van der Waals surface area contributed by atoms with Crippen LogP contribution < -0.4 is 20.5 Å². The standard InChI is InChI=1S/C14H21ClN2O3/c1-14(2,3)12(16)13(18)17-9-6-8(15)10(19-4)7-11(9)20-5/h6-7,12H,16H2,1-5H3,(H,17,18)/t12-/m1/s1. The molecule has 20 heavy (non-hydrogen) atoms. The van der Waals surface area contributed by atoms with E-state index in [4.69, 9.17) is 26.8 Å². The second kappa shape index (κ2) is 6.33. The SMILES string of the molecule is COc1cc(OC)c(NC(=O)[C@@H](N)C(C)(C)C)cc1Cl. The summed E-state index contributed by atoms with van der Waals surface area (Å²) in [6.45, 7) is 5.69. The summed E-state index contributed by atoms with van der Waals surface area (Å²) in [5, 5.41) is 3.11. The molecule has 0 aromatic heterocycles. The number of nitrogens with two attached hydrogens (primary N) is 1. The lowest BCUT2D eigenvalue weighted by molar-refractivity contribution is -0.119. The lowest BCUT2D eigenvalue weighted by Crippen LogP contribution is -2.45. The summed E-state index contributed by atoms with van der Waals surface area (Å²) in [6.07, 6.45) is 0. The maximum atomic E-state index is 12.1. The second-order valence-electron chi connectivity index (χ2n) is 5.52. The third kappa shape index (κ3) is 3.77. The van der Waals surface area contributed by atoms with E-state index in [1.54, 1.807) is 12.1 Å². The number of methoxy groups -OCH3 is 2. The van der Waals surface area contributed by atoms with E-state index in [2.05, 4.69) is 5.32 Å². The van der Waals surface area contributed by atoms with E-state index >= 15 is 0 Å². The van der Waals surface area contributed by atoms with Crippen molar-refractivity contribution >= 4 is 23.2 Å². The monoisotopic (exact) mass is 300 g/mol. The number of carbonyl (C=O) groups excluding carboxylic acids is 1. The Labute approximate surface area is 124 Å². The van der Waals surface area contributed by atoms with Gasteiger partial charge in [-0.1, -0.05) is 32.4 Å². The molecule has 1 amide bonds. The van der Waals surface area contributed by atoms with E-state index in [0.717, 1.165) is 0 Å². The van der Waals surface area contributed by atoms with E-state index in [-0.39, 0.29) is 11.3 Å². The van der Waals surface area contributed by atoms with E-state index < -0.39 is 6.04 Å². The largest absolute Gasteiger partial charge is 0.495 e. The molecule has 112 valence electrons. The molecule has 6 heteroatoms. The van der Waals surface area contributed by atoms with Gasteiger partial charge >= 0.3 is 0 Å². The van der Waals surface area contributed by atoms with Crippen LogP contribution in [0.3, 0.4) is 0 Å². The summed E-state index contributed by atoms with van der Waals surface area (Å²) < 4.78 is 10.3. The normalized spacial score (nSPS) is 12.8. The quantitative estimate of drug-likeness (QED) is 0.896. The molecule has 0 aliphatic rings. The van der Waals surface area contributed by atoms with E-state index in [0.29, 0.717) is 22.2 Å². The fourth-order valence-electron chi connectivity index (χ4n) is 1.56. The molecule has 1 rings (SSSR count). The highest BCUT2D eigenvalue weighted by Crippen LogP contribution is 2.36. The number of nitrogens with one attached hydrogen (secondary N) is 1. The first-order chi connectivity index (χ1) is 9.20. The van der Waals surface area contributed by atoms with Gasteiger partial charge in [0.15, 0.2) is 0 Å². The molecule has 0 aliphatic heterocycles. The van der Waals surface area contributed by atoms with Crippen molar-refractivity contribution < 1.29 is 14.3 Å². The minimum absolute atomic E-state index is 0.294. The Bertz CT molecular complexity index is 498. The molecule has 0 heterocycles. The van der Waals surface area contributed by atoms with Crippen LogP contribution in [0.2, 0.25) is 5.02 Å². The van der Waals surface area contributed by atoms with Crippen molar-refractivity contribution in [3.05, 3.63) is 17.2 Å². The van der Waals surface area contributed by atoms with E-state index in [1.165, 1.54) is 14.2 Å². The van der Waals surface area contributed by atoms with Crippen LogP contribution in [0.1, 0.15) is 20.8 Å². The van der Waals surface area contributed by atoms with E-state index in [1.807, 2.05) is 20.8 Å². The topological polar surface area (TPSA) is 73.6 Å². The number of halogens is 1. The Morgan fingerprint density at radius 1 is 1.25 bits per heavy atom. The molecule has 0 bridgehead atoms. The molecular formula is C14H21ClN2O3. The zero-order valence-corrected chi connectivity index (χ0v) is 13.2. The van der Waals surface area contributed by atoms with Gasteiger partial charge in [0.05, 0.1) is 31.0 Å². The van der Waals surface area contributed by atoms with Crippen LogP contribution in [0.15, 0.2) is 12.1 Å². The fourth-order valence-corrected chi connectivity index (χ4v) is 1.80. The molecule has 0 aliphatic carbocycles. The average Bonchev–Trinajstić information content (AvgIpc) is 2.37. The number of anilines is 1. The molecule has 1 atom stereocenters. The third-order valence-corrected chi connectivity index (χ3v) is 3.24.